The van der Waals surface area contributed by atoms with Crippen LogP contribution in [-0.4, -0.2) is 25.2 Å². The summed E-state index contributed by atoms with van der Waals surface area (Å²) in [6.45, 7) is 4.39. The summed E-state index contributed by atoms with van der Waals surface area (Å²) < 4.78 is 11.5. The molecule has 0 bridgehead atoms. The molecule has 0 aliphatic heterocycles. The number of ether oxygens (including phenoxy) is 2. The van der Waals surface area contributed by atoms with Crippen LogP contribution in [-0.2, 0) is 4.79 Å². The molecule has 5 heteroatoms. The maximum atomic E-state index is 12.2. The van der Waals surface area contributed by atoms with Gasteiger partial charge in [-0.3, -0.25) is 4.79 Å². The molecule has 0 aromatic heterocycles. The van der Waals surface area contributed by atoms with E-state index in [0.29, 0.717) is 23.9 Å². The van der Waals surface area contributed by atoms with E-state index in [4.69, 9.17) is 21.1 Å². The van der Waals surface area contributed by atoms with Crippen molar-refractivity contribution in [1.29, 1.82) is 0 Å². The van der Waals surface area contributed by atoms with Gasteiger partial charge in [0.15, 0.2) is 6.10 Å². The Balaban J connectivity index is 1.48. The van der Waals surface area contributed by atoms with Gasteiger partial charge >= 0.3 is 0 Å². The molecular weight excluding hydrogens is 362 g/mol. The van der Waals surface area contributed by atoms with Crippen LogP contribution in [0.25, 0.3) is 10.8 Å². The summed E-state index contributed by atoms with van der Waals surface area (Å²) in [4.78, 5) is 12.2. The normalized spacial score (nSPS) is 11.8. The number of nitrogens with one attached hydrogen (secondary N) is 1. The van der Waals surface area contributed by atoms with Gasteiger partial charge in [-0.2, -0.15) is 0 Å². The van der Waals surface area contributed by atoms with Crippen molar-refractivity contribution in [3.8, 4) is 11.5 Å². The first kappa shape index (κ1) is 19.1. The number of amides is 1. The molecule has 27 heavy (non-hydrogen) atoms. The van der Waals surface area contributed by atoms with Crippen molar-refractivity contribution in [1.82, 2.24) is 5.32 Å². The Kier molecular flexibility index (Phi) is 6.20. The van der Waals surface area contributed by atoms with Crippen LogP contribution < -0.4 is 14.8 Å². The highest BCUT2D eigenvalue weighted by Crippen LogP contribution is 2.25. The number of carbonyl (C=O) groups is 1. The van der Waals surface area contributed by atoms with Gasteiger partial charge in [0.1, 0.15) is 18.1 Å². The molecule has 0 spiro atoms. The van der Waals surface area contributed by atoms with Crippen molar-refractivity contribution < 1.29 is 14.3 Å². The van der Waals surface area contributed by atoms with Crippen LogP contribution in [0.2, 0.25) is 5.02 Å². The number of aryl methyl sites for hydroxylation is 1. The summed E-state index contributed by atoms with van der Waals surface area (Å²) >= 11 is 6.00. The van der Waals surface area contributed by atoms with Crippen molar-refractivity contribution in [3.63, 3.8) is 0 Å². The average molecular weight is 384 g/mol. The van der Waals surface area contributed by atoms with E-state index in [1.54, 1.807) is 19.1 Å². The Morgan fingerprint density at radius 3 is 2.70 bits per heavy atom. The van der Waals surface area contributed by atoms with Crippen LogP contribution >= 0.6 is 11.6 Å². The zero-order valence-corrected chi connectivity index (χ0v) is 16.1. The minimum atomic E-state index is -0.608. The fourth-order valence-electron chi connectivity index (χ4n) is 2.75. The van der Waals surface area contributed by atoms with Crippen molar-refractivity contribution in [2.75, 3.05) is 13.2 Å². The van der Waals surface area contributed by atoms with E-state index < -0.39 is 6.10 Å². The fraction of sp³-hybridized carbons (Fsp3) is 0.227. The van der Waals surface area contributed by atoms with Gasteiger partial charge in [0.05, 0.1) is 6.54 Å². The van der Waals surface area contributed by atoms with E-state index in [9.17, 15) is 4.79 Å². The zero-order valence-electron chi connectivity index (χ0n) is 15.4. The molecule has 140 valence electrons. The Hall–Kier alpha value is -2.72. The molecule has 1 amide bonds. The number of benzene rings is 3. The summed E-state index contributed by atoms with van der Waals surface area (Å²) in [5.74, 6) is 1.24. The highest BCUT2D eigenvalue weighted by atomic mass is 35.5. The summed E-state index contributed by atoms with van der Waals surface area (Å²) in [5.41, 5.74) is 0.908. The first-order valence-electron chi connectivity index (χ1n) is 8.85. The third-order valence-corrected chi connectivity index (χ3v) is 4.64. The van der Waals surface area contributed by atoms with E-state index >= 15 is 0 Å². The van der Waals surface area contributed by atoms with E-state index in [2.05, 4.69) is 5.32 Å². The average Bonchev–Trinajstić information content (AvgIpc) is 2.68. The van der Waals surface area contributed by atoms with Gasteiger partial charge in [-0.05, 0) is 49.1 Å². The Morgan fingerprint density at radius 1 is 1.11 bits per heavy atom. The molecule has 3 rings (SSSR count). The quantitative estimate of drug-likeness (QED) is 0.598. The lowest BCUT2D eigenvalue weighted by molar-refractivity contribution is -0.127. The van der Waals surface area contributed by atoms with E-state index in [-0.39, 0.29) is 5.91 Å². The second kappa shape index (κ2) is 8.78. The molecule has 0 aliphatic rings. The number of hydrogen-bond donors (Lipinski definition) is 1. The van der Waals surface area contributed by atoms with Crippen LogP contribution in [0.4, 0.5) is 0 Å². The lowest BCUT2D eigenvalue weighted by Crippen LogP contribution is -2.38. The molecule has 0 fully saturated rings. The second-order valence-corrected chi connectivity index (χ2v) is 6.70. The maximum Gasteiger partial charge on any atom is 0.260 e. The first-order chi connectivity index (χ1) is 13.0. The summed E-state index contributed by atoms with van der Waals surface area (Å²) in [6.07, 6.45) is -0.608. The van der Waals surface area contributed by atoms with Gasteiger partial charge in [-0.1, -0.05) is 48.0 Å². The lowest BCUT2D eigenvalue weighted by atomic mass is 10.1. The number of halogens is 1. The number of fused-ring (bicyclic) bond motifs is 1. The van der Waals surface area contributed by atoms with Gasteiger partial charge < -0.3 is 14.8 Å². The van der Waals surface area contributed by atoms with Crippen LogP contribution in [0.5, 0.6) is 11.5 Å². The van der Waals surface area contributed by atoms with Crippen LogP contribution in [0.3, 0.4) is 0 Å². The molecule has 0 saturated carbocycles. The van der Waals surface area contributed by atoms with Crippen LogP contribution in [0, 0.1) is 6.92 Å². The molecule has 1 atom stereocenters. The molecule has 3 aromatic rings. The standard InChI is InChI=1S/C22H22ClNO3/c1-15-14-18(10-11-20(15)23)27-16(2)22(25)24-12-13-26-21-9-5-7-17-6-3-4-8-19(17)21/h3-11,14,16H,12-13H2,1-2H3,(H,24,25)/t16-/m0/s1. The van der Waals surface area contributed by atoms with E-state index in [1.165, 1.54) is 0 Å². The molecule has 0 unspecified atom stereocenters. The van der Waals surface area contributed by atoms with Crippen LogP contribution in [0.15, 0.2) is 60.7 Å². The Morgan fingerprint density at radius 2 is 1.89 bits per heavy atom. The van der Waals surface area contributed by atoms with Crippen molar-refractivity contribution in [2.24, 2.45) is 0 Å². The summed E-state index contributed by atoms with van der Waals surface area (Å²) in [5, 5.41) is 5.68. The van der Waals surface area contributed by atoms with E-state index in [0.717, 1.165) is 22.1 Å². The summed E-state index contributed by atoms with van der Waals surface area (Å²) in [6, 6.07) is 19.3. The zero-order chi connectivity index (χ0) is 19.2. The summed E-state index contributed by atoms with van der Waals surface area (Å²) in [7, 11) is 0. The topological polar surface area (TPSA) is 47.6 Å². The maximum absolute atomic E-state index is 12.2. The molecule has 0 radical (unpaired) electrons. The van der Waals surface area contributed by atoms with Gasteiger partial charge in [0.25, 0.3) is 5.91 Å². The van der Waals surface area contributed by atoms with Crippen molar-refractivity contribution in [3.05, 3.63) is 71.2 Å². The van der Waals surface area contributed by atoms with Gasteiger partial charge in [0.2, 0.25) is 0 Å². The van der Waals surface area contributed by atoms with Crippen LogP contribution in [0.1, 0.15) is 12.5 Å². The Bertz CT molecular complexity index is 936. The molecule has 0 heterocycles. The molecule has 0 saturated heterocycles. The third kappa shape index (κ3) is 4.92. The molecule has 3 aromatic carbocycles. The number of carbonyl (C=O) groups excluding carboxylic acids is 1. The third-order valence-electron chi connectivity index (χ3n) is 4.22. The minimum absolute atomic E-state index is 0.191. The number of rotatable bonds is 7. The van der Waals surface area contributed by atoms with Crippen molar-refractivity contribution in [2.45, 2.75) is 20.0 Å². The first-order valence-corrected chi connectivity index (χ1v) is 9.23. The monoisotopic (exact) mass is 383 g/mol. The fourth-order valence-corrected chi connectivity index (χ4v) is 2.87. The largest absolute Gasteiger partial charge is 0.491 e. The SMILES string of the molecule is Cc1cc(O[C@@H](C)C(=O)NCCOc2cccc3ccccc23)ccc1Cl. The van der Waals surface area contributed by atoms with Gasteiger partial charge in [-0.15, -0.1) is 0 Å². The molecule has 4 nitrogen and oxygen atoms in total. The lowest BCUT2D eigenvalue weighted by Gasteiger charge is -2.16. The highest BCUT2D eigenvalue weighted by molar-refractivity contribution is 6.31. The van der Waals surface area contributed by atoms with E-state index in [1.807, 2.05) is 55.5 Å². The molecular formula is C22H22ClNO3. The minimum Gasteiger partial charge on any atom is -0.491 e. The Labute approximate surface area is 164 Å². The second-order valence-electron chi connectivity index (χ2n) is 6.29. The van der Waals surface area contributed by atoms with Gasteiger partial charge in [-0.25, -0.2) is 0 Å². The smallest absolute Gasteiger partial charge is 0.260 e. The predicted octanol–water partition coefficient (Wildman–Crippen LogP) is 4.76. The van der Waals surface area contributed by atoms with Crippen molar-refractivity contribution >= 4 is 28.3 Å². The predicted molar refractivity (Wildman–Crippen MR) is 109 cm³/mol. The number of hydrogen-bond acceptors (Lipinski definition) is 3. The molecule has 0 aliphatic carbocycles. The highest BCUT2D eigenvalue weighted by Gasteiger charge is 2.14. The molecule has 1 N–H and O–H groups in total. The van der Waals surface area contributed by atoms with Gasteiger partial charge in [0, 0.05) is 10.4 Å².